The number of rotatable bonds is 4. The third-order valence-electron chi connectivity index (χ3n) is 2.00. The Morgan fingerprint density at radius 2 is 1.83 bits per heavy atom. The van der Waals surface area contributed by atoms with Crippen LogP contribution in [0.1, 0.15) is 6.42 Å². The predicted molar refractivity (Wildman–Crippen MR) is 73.4 cm³/mol. The number of hydrogen-bond acceptors (Lipinski definition) is 3. The highest BCUT2D eigenvalue weighted by atomic mass is 35.5. The molecule has 0 bridgehead atoms. The van der Waals surface area contributed by atoms with E-state index < -0.39 is 0 Å². The van der Waals surface area contributed by atoms with Crippen molar-refractivity contribution in [1.82, 2.24) is 10.6 Å². The lowest BCUT2D eigenvalue weighted by Crippen LogP contribution is -2.43. The fourth-order valence-corrected chi connectivity index (χ4v) is 1.30. The summed E-state index contributed by atoms with van der Waals surface area (Å²) < 4.78 is 0. The molecule has 0 spiro atoms. The highest BCUT2D eigenvalue weighted by Crippen LogP contribution is 2.12. The maximum Gasteiger partial charge on any atom is 0.199 e. The van der Waals surface area contributed by atoms with Crippen LogP contribution < -0.4 is 16.0 Å². The summed E-state index contributed by atoms with van der Waals surface area (Å²) in [5.41, 5.74) is 0.708. The zero-order valence-corrected chi connectivity index (χ0v) is 10.5. The van der Waals surface area contributed by atoms with Crippen molar-refractivity contribution >= 4 is 29.2 Å². The Morgan fingerprint density at radius 3 is 2.44 bits per heavy atom. The van der Waals surface area contributed by atoms with Gasteiger partial charge in [0.25, 0.3) is 0 Å². The van der Waals surface area contributed by atoms with Gasteiger partial charge in [-0.15, -0.1) is 0 Å². The molecule has 0 saturated heterocycles. The molecule has 0 aliphatic heterocycles. The monoisotopic (exact) mass is 269 g/mol. The van der Waals surface area contributed by atoms with Crippen molar-refractivity contribution in [1.29, 1.82) is 10.8 Å². The number of aliphatic hydroxyl groups excluding tert-OH is 1. The number of benzene rings is 1. The smallest absolute Gasteiger partial charge is 0.199 e. The van der Waals surface area contributed by atoms with Crippen LogP contribution >= 0.6 is 11.6 Å². The molecular weight excluding hydrogens is 254 g/mol. The number of nitrogens with one attached hydrogen (secondary N) is 5. The average Bonchev–Trinajstić information content (AvgIpc) is 2.32. The topological polar surface area (TPSA) is 104 Å². The quantitative estimate of drug-likeness (QED) is 0.281. The second-order valence-electron chi connectivity index (χ2n) is 3.51. The standard InChI is InChI=1S/C11H16ClN5O/c12-8-2-4-9(5-3-8)16-11(14)17-10(13)15-6-1-7-18/h2-5,18H,1,6-7H2,(H5,13,14,15,16,17). The van der Waals surface area contributed by atoms with Crippen LogP contribution in [-0.2, 0) is 0 Å². The highest BCUT2D eigenvalue weighted by molar-refractivity contribution is 6.30. The van der Waals surface area contributed by atoms with E-state index in [0.717, 1.165) is 0 Å². The van der Waals surface area contributed by atoms with Crippen molar-refractivity contribution in [3.8, 4) is 0 Å². The molecule has 0 fully saturated rings. The maximum absolute atomic E-state index is 8.58. The van der Waals surface area contributed by atoms with E-state index in [1.54, 1.807) is 24.3 Å². The van der Waals surface area contributed by atoms with Crippen LogP contribution in [-0.4, -0.2) is 30.2 Å². The van der Waals surface area contributed by atoms with Gasteiger partial charge in [-0.2, -0.15) is 0 Å². The summed E-state index contributed by atoms with van der Waals surface area (Å²) in [4.78, 5) is 0. The molecule has 1 aromatic carbocycles. The van der Waals surface area contributed by atoms with Crippen LogP contribution in [0.15, 0.2) is 24.3 Å². The van der Waals surface area contributed by atoms with Gasteiger partial charge >= 0.3 is 0 Å². The van der Waals surface area contributed by atoms with E-state index in [1.807, 2.05) is 0 Å². The normalized spacial score (nSPS) is 9.67. The molecule has 1 rings (SSSR count). The van der Waals surface area contributed by atoms with Gasteiger partial charge in [0.15, 0.2) is 11.9 Å². The van der Waals surface area contributed by atoms with Crippen LogP contribution in [0.4, 0.5) is 5.69 Å². The molecule has 0 atom stereocenters. The van der Waals surface area contributed by atoms with Gasteiger partial charge in [-0.05, 0) is 30.7 Å². The fraction of sp³-hybridized carbons (Fsp3) is 0.273. The van der Waals surface area contributed by atoms with E-state index in [9.17, 15) is 0 Å². The Balaban J connectivity index is 2.32. The summed E-state index contributed by atoms with van der Waals surface area (Å²) in [5, 5.41) is 32.3. The molecule has 0 unspecified atom stereocenters. The Labute approximate surface area is 110 Å². The van der Waals surface area contributed by atoms with E-state index in [-0.39, 0.29) is 18.5 Å². The van der Waals surface area contributed by atoms with E-state index >= 15 is 0 Å². The fourth-order valence-electron chi connectivity index (χ4n) is 1.17. The lowest BCUT2D eigenvalue weighted by atomic mass is 10.3. The number of halogens is 1. The van der Waals surface area contributed by atoms with Crippen molar-refractivity contribution in [2.75, 3.05) is 18.5 Å². The minimum Gasteiger partial charge on any atom is -0.396 e. The molecule has 0 amide bonds. The van der Waals surface area contributed by atoms with Gasteiger partial charge in [0.05, 0.1) is 0 Å². The van der Waals surface area contributed by atoms with Gasteiger partial charge < -0.3 is 15.7 Å². The van der Waals surface area contributed by atoms with Crippen molar-refractivity contribution in [2.24, 2.45) is 0 Å². The Morgan fingerprint density at radius 1 is 1.17 bits per heavy atom. The molecule has 0 radical (unpaired) electrons. The number of anilines is 1. The molecule has 7 heteroatoms. The largest absolute Gasteiger partial charge is 0.396 e. The van der Waals surface area contributed by atoms with Gasteiger partial charge in [0, 0.05) is 23.9 Å². The summed E-state index contributed by atoms with van der Waals surface area (Å²) in [6.45, 7) is 0.553. The van der Waals surface area contributed by atoms with Crippen molar-refractivity contribution in [3.63, 3.8) is 0 Å². The first-order chi connectivity index (χ1) is 8.61. The Bertz CT molecular complexity index is 406. The third kappa shape index (κ3) is 5.51. The van der Waals surface area contributed by atoms with Gasteiger partial charge in [0.2, 0.25) is 0 Å². The number of aliphatic hydroxyl groups is 1. The minimum atomic E-state index is -0.0150. The van der Waals surface area contributed by atoms with Gasteiger partial charge in [-0.25, -0.2) is 0 Å². The SMILES string of the molecule is N=C(NCCCO)NC(=N)Nc1ccc(Cl)cc1. The second-order valence-corrected chi connectivity index (χ2v) is 3.95. The molecular formula is C11H16ClN5O. The van der Waals surface area contributed by atoms with Gasteiger partial charge in [-0.1, -0.05) is 11.6 Å². The van der Waals surface area contributed by atoms with E-state index in [2.05, 4.69) is 16.0 Å². The van der Waals surface area contributed by atoms with E-state index in [1.165, 1.54) is 0 Å². The van der Waals surface area contributed by atoms with E-state index in [0.29, 0.717) is 23.7 Å². The van der Waals surface area contributed by atoms with E-state index in [4.69, 9.17) is 27.5 Å². The molecule has 6 nitrogen and oxygen atoms in total. The number of guanidine groups is 2. The van der Waals surface area contributed by atoms with Crippen molar-refractivity contribution in [3.05, 3.63) is 29.3 Å². The summed E-state index contributed by atoms with van der Waals surface area (Å²) in [6.07, 6.45) is 0.558. The van der Waals surface area contributed by atoms with Gasteiger partial charge in [0.1, 0.15) is 0 Å². The van der Waals surface area contributed by atoms with Gasteiger partial charge in [-0.3, -0.25) is 16.1 Å². The zero-order chi connectivity index (χ0) is 13.4. The molecule has 1 aromatic rings. The highest BCUT2D eigenvalue weighted by Gasteiger charge is 2.00. The second kappa shape index (κ2) is 7.52. The number of hydrogen-bond donors (Lipinski definition) is 6. The van der Waals surface area contributed by atoms with Crippen LogP contribution in [0.5, 0.6) is 0 Å². The lowest BCUT2D eigenvalue weighted by molar-refractivity contribution is 0.289. The van der Waals surface area contributed by atoms with Crippen molar-refractivity contribution in [2.45, 2.75) is 6.42 Å². The molecule has 0 aromatic heterocycles. The maximum atomic E-state index is 8.58. The molecule has 98 valence electrons. The van der Waals surface area contributed by atoms with Crippen LogP contribution in [0, 0.1) is 10.8 Å². The zero-order valence-electron chi connectivity index (χ0n) is 9.76. The Kier molecular flexibility index (Phi) is 5.96. The molecule has 0 aliphatic rings. The summed E-state index contributed by atoms with van der Waals surface area (Å²) >= 11 is 5.74. The first kappa shape index (κ1) is 14.3. The van der Waals surface area contributed by atoms with Crippen LogP contribution in [0.2, 0.25) is 5.02 Å². The molecule has 0 aliphatic carbocycles. The summed E-state index contributed by atoms with van der Waals surface area (Å²) in [6, 6.07) is 6.90. The lowest BCUT2D eigenvalue weighted by Gasteiger charge is -2.12. The molecule has 0 saturated carbocycles. The first-order valence-electron chi connectivity index (χ1n) is 5.43. The Hall–Kier alpha value is -1.79. The molecule has 0 heterocycles. The predicted octanol–water partition coefficient (Wildman–Crippen LogP) is 1.18. The first-order valence-corrected chi connectivity index (χ1v) is 5.81. The molecule has 6 N–H and O–H groups in total. The summed E-state index contributed by atoms with van der Waals surface area (Å²) in [7, 11) is 0. The van der Waals surface area contributed by atoms with Crippen LogP contribution in [0.25, 0.3) is 0 Å². The van der Waals surface area contributed by atoms with Crippen molar-refractivity contribution < 1.29 is 5.11 Å². The van der Waals surface area contributed by atoms with Crippen LogP contribution in [0.3, 0.4) is 0 Å². The minimum absolute atomic E-state index is 0.00918. The molecule has 18 heavy (non-hydrogen) atoms. The average molecular weight is 270 g/mol. The summed E-state index contributed by atoms with van der Waals surface area (Å²) in [5.74, 6) is -0.00580. The third-order valence-corrected chi connectivity index (χ3v) is 2.25.